The lowest BCUT2D eigenvalue weighted by molar-refractivity contribution is 1.01. The van der Waals surface area contributed by atoms with Gasteiger partial charge in [-0.3, -0.25) is 4.98 Å². The van der Waals surface area contributed by atoms with Gasteiger partial charge in [-0.05, 0) is 18.6 Å². The molecule has 5 heteroatoms. The Morgan fingerprint density at radius 3 is 3.00 bits per heavy atom. The van der Waals surface area contributed by atoms with Gasteiger partial charge in [-0.1, -0.05) is 6.07 Å². The fourth-order valence-corrected chi connectivity index (χ4v) is 1.41. The quantitative estimate of drug-likeness (QED) is 0.859. The summed E-state index contributed by atoms with van der Waals surface area (Å²) in [5, 5.41) is 11.9. The van der Waals surface area contributed by atoms with E-state index >= 15 is 0 Å². The second-order valence-electron chi connectivity index (χ2n) is 3.51. The molecular formula is C12H11N5. The molecule has 1 N–H and O–H groups in total. The van der Waals surface area contributed by atoms with Crippen molar-refractivity contribution in [2.24, 2.45) is 0 Å². The molecule has 0 bridgehead atoms. The lowest BCUT2D eigenvalue weighted by atomic mass is 10.3. The monoisotopic (exact) mass is 225 g/mol. The zero-order chi connectivity index (χ0) is 12.1. The first-order chi connectivity index (χ1) is 8.28. The van der Waals surface area contributed by atoms with Gasteiger partial charge >= 0.3 is 0 Å². The predicted molar refractivity (Wildman–Crippen MR) is 63.0 cm³/mol. The molecule has 0 aliphatic rings. The zero-order valence-electron chi connectivity index (χ0n) is 9.38. The van der Waals surface area contributed by atoms with Gasteiger partial charge in [0.05, 0.1) is 0 Å². The van der Waals surface area contributed by atoms with E-state index in [1.807, 2.05) is 18.2 Å². The molecule has 2 rings (SSSR count). The largest absolute Gasteiger partial charge is 0.366 e. The van der Waals surface area contributed by atoms with Gasteiger partial charge < -0.3 is 5.32 Å². The second kappa shape index (κ2) is 5.03. The maximum absolute atomic E-state index is 8.79. The third-order valence-electron chi connectivity index (χ3n) is 2.15. The van der Waals surface area contributed by atoms with Crippen molar-refractivity contribution in [2.45, 2.75) is 13.5 Å². The Hall–Kier alpha value is -2.48. The van der Waals surface area contributed by atoms with E-state index in [4.69, 9.17) is 5.26 Å². The van der Waals surface area contributed by atoms with Gasteiger partial charge in [-0.15, -0.1) is 0 Å². The highest BCUT2D eigenvalue weighted by Crippen LogP contribution is 2.07. The lowest BCUT2D eigenvalue weighted by Gasteiger charge is -2.05. The number of rotatable bonds is 3. The van der Waals surface area contributed by atoms with E-state index in [0.717, 1.165) is 5.56 Å². The summed E-state index contributed by atoms with van der Waals surface area (Å²) < 4.78 is 0. The maximum Gasteiger partial charge on any atom is 0.146 e. The van der Waals surface area contributed by atoms with Crippen molar-refractivity contribution in [3.8, 4) is 6.07 Å². The molecule has 0 unspecified atom stereocenters. The number of aryl methyl sites for hydroxylation is 1. The third-order valence-corrected chi connectivity index (χ3v) is 2.15. The smallest absolute Gasteiger partial charge is 0.146 e. The van der Waals surface area contributed by atoms with E-state index in [9.17, 15) is 0 Å². The molecule has 0 saturated heterocycles. The Morgan fingerprint density at radius 2 is 2.29 bits per heavy atom. The van der Waals surface area contributed by atoms with Crippen LogP contribution in [0.5, 0.6) is 0 Å². The van der Waals surface area contributed by atoms with Crippen molar-refractivity contribution < 1.29 is 0 Å². The van der Waals surface area contributed by atoms with Crippen LogP contribution in [0.2, 0.25) is 0 Å². The van der Waals surface area contributed by atoms with E-state index in [0.29, 0.717) is 23.9 Å². The molecule has 0 aliphatic heterocycles. The normalized spacial score (nSPS) is 9.65. The van der Waals surface area contributed by atoms with Crippen LogP contribution in [0.3, 0.4) is 0 Å². The van der Waals surface area contributed by atoms with E-state index in [2.05, 4.69) is 20.3 Å². The second-order valence-corrected chi connectivity index (χ2v) is 3.51. The fourth-order valence-electron chi connectivity index (χ4n) is 1.41. The fraction of sp³-hybridized carbons (Fsp3) is 0.167. The van der Waals surface area contributed by atoms with Crippen LogP contribution in [0.1, 0.15) is 17.1 Å². The minimum atomic E-state index is 0.367. The summed E-state index contributed by atoms with van der Waals surface area (Å²) in [6.45, 7) is 2.38. The van der Waals surface area contributed by atoms with Crippen LogP contribution < -0.4 is 5.32 Å². The van der Waals surface area contributed by atoms with Crippen molar-refractivity contribution in [1.29, 1.82) is 5.26 Å². The van der Waals surface area contributed by atoms with E-state index < -0.39 is 0 Å². The molecule has 0 atom stereocenters. The number of hydrogen-bond acceptors (Lipinski definition) is 5. The van der Waals surface area contributed by atoms with Gasteiger partial charge in [-0.2, -0.15) is 5.26 Å². The molecule has 5 nitrogen and oxygen atoms in total. The molecular weight excluding hydrogens is 214 g/mol. The first kappa shape index (κ1) is 11.0. The Labute approximate surface area is 99.2 Å². The third kappa shape index (κ3) is 2.98. The minimum Gasteiger partial charge on any atom is -0.366 e. The lowest BCUT2D eigenvalue weighted by Crippen LogP contribution is -2.04. The van der Waals surface area contributed by atoms with Crippen LogP contribution in [0.4, 0.5) is 5.82 Å². The maximum atomic E-state index is 8.79. The molecule has 0 saturated carbocycles. The molecule has 17 heavy (non-hydrogen) atoms. The van der Waals surface area contributed by atoms with Gasteiger partial charge in [0.2, 0.25) is 0 Å². The van der Waals surface area contributed by atoms with Gasteiger partial charge in [0.1, 0.15) is 23.4 Å². The van der Waals surface area contributed by atoms with E-state index in [1.165, 1.54) is 0 Å². The van der Waals surface area contributed by atoms with Crippen LogP contribution >= 0.6 is 0 Å². The molecule has 84 valence electrons. The molecule has 2 aromatic heterocycles. The molecule has 0 fully saturated rings. The van der Waals surface area contributed by atoms with Crippen LogP contribution in [0.25, 0.3) is 0 Å². The first-order valence-corrected chi connectivity index (χ1v) is 5.16. The summed E-state index contributed by atoms with van der Waals surface area (Å²) in [4.78, 5) is 12.2. The van der Waals surface area contributed by atoms with Crippen molar-refractivity contribution >= 4 is 5.82 Å². The Bertz CT molecular complexity index is 545. The predicted octanol–water partition coefficient (Wildman–Crippen LogP) is 1.66. The summed E-state index contributed by atoms with van der Waals surface area (Å²) in [7, 11) is 0. The van der Waals surface area contributed by atoms with Crippen LogP contribution in [0, 0.1) is 18.3 Å². The summed E-state index contributed by atoms with van der Waals surface area (Å²) in [5.74, 6) is 1.23. The number of anilines is 1. The molecule has 0 amide bonds. The number of hydrogen-bond donors (Lipinski definition) is 1. The highest BCUT2D eigenvalue weighted by molar-refractivity contribution is 5.40. The number of pyridine rings is 1. The summed E-state index contributed by atoms with van der Waals surface area (Å²) in [6, 6.07) is 7.48. The van der Waals surface area contributed by atoms with E-state index in [-0.39, 0.29) is 0 Å². The number of aromatic nitrogens is 3. The van der Waals surface area contributed by atoms with Crippen LogP contribution in [0.15, 0.2) is 30.6 Å². The van der Waals surface area contributed by atoms with Crippen molar-refractivity contribution in [2.75, 3.05) is 5.32 Å². The van der Waals surface area contributed by atoms with Gasteiger partial charge in [0.15, 0.2) is 0 Å². The summed E-state index contributed by atoms with van der Waals surface area (Å²) in [5.41, 5.74) is 1.42. The summed E-state index contributed by atoms with van der Waals surface area (Å²) in [6.07, 6.45) is 3.51. The van der Waals surface area contributed by atoms with Gasteiger partial charge in [-0.25, -0.2) is 9.97 Å². The average molecular weight is 225 g/mol. The van der Waals surface area contributed by atoms with Gasteiger partial charge in [0.25, 0.3) is 0 Å². The molecule has 2 heterocycles. The Balaban J connectivity index is 2.10. The highest BCUT2D eigenvalue weighted by atomic mass is 15.0. The molecule has 0 spiro atoms. The molecule has 0 aliphatic carbocycles. The highest BCUT2D eigenvalue weighted by Gasteiger charge is 2.00. The van der Waals surface area contributed by atoms with Crippen LogP contribution in [-0.4, -0.2) is 15.0 Å². The first-order valence-electron chi connectivity index (χ1n) is 5.16. The standard InChI is InChI=1S/C12H11N5/c1-9-16-11(6-13)5-12(17-9)15-8-10-3-2-4-14-7-10/h2-5,7H,8H2,1H3,(H,15,16,17). The Morgan fingerprint density at radius 1 is 1.41 bits per heavy atom. The van der Waals surface area contributed by atoms with Crippen LogP contribution in [-0.2, 0) is 6.54 Å². The van der Waals surface area contributed by atoms with Gasteiger partial charge in [0, 0.05) is 25.0 Å². The average Bonchev–Trinajstić information content (AvgIpc) is 2.37. The number of nitrogens with one attached hydrogen (secondary N) is 1. The van der Waals surface area contributed by atoms with Crippen molar-refractivity contribution in [3.63, 3.8) is 0 Å². The minimum absolute atomic E-state index is 0.367. The number of nitrogens with zero attached hydrogens (tertiary/aromatic N) is 4. The zero-order valence-corrected chi connectivity index (χ0v) is 9.38. The van der Waals surface area contributed by atoms with Crippen molar-refractivity contribution in [3.05, 3.63) is 47.7 Å². The molecule has 0 aromatic carbocycles. The summed E-state index contributed by atoms with van der Waals surface area (Å²) >= 11 is 0. The van der Waals surface area contributed by atoms with E-state index in [1.54, 1.807) is 25.4 Å². The Kier molecular flexibility index (Phi) is 3.26. The molecule has 0 radical (unpaired) electrons. The topological polar surface area (TPSA) is 74.5 Å². The SMILES string of the molecule is Cc1nc(C#N)cc(NCc2cccnc2)n1. The molecule has 2 aromatic rings. The number of nitriles is 1. The van der Waals surface area contributed by atoms with Crippen molar-refractivity contribution in [1.82, 2.24) is 15.0 Å².